The molecular weight excluding hydrogens is 267 g/mol. The summed E-state index contributed by atoms with van der Waals surface area (Å²) < 4.78 is 40.3. The Morgan fingerprint density at radius 3 is 2.47 bits per heavy atom. The summed E-state index contributed by atoms with van der Waals surface area (Å²) in [6.07, 6.45) is -0.805. The number of halogens is 1. The highest BCUT2D eigenvalue weighted by Crippen LogP contribution is 2.31. The van der Waals surface area contributed by atoms with E-state index in [0.717, 1.165) is 0 Å². The molecular formula is C13H11FN2O2S. The molecule has 0 spiro atoms. The van der Waals surface area contributed by atoms with Crippen molar-refractivity contribution in [2.45, 2.75) is 11.1 Å². The van der Waals surface area contributed by atoms with Gasteiger partial charge in [0, 0.05) is 5.56 Å². The van der Waals surface area contributed by atoms with Crippen molar-refractivity contribution in [3.05, 3.63) is 59.9 Å². The largest absolute Gasteiger partial charge is 0.364 e. The molecule has 0 saturated heterocycles. The first-order valence-corrected chi connectivity index (χ1v) is 7.18. The lowest BCUT2D eigenvalue weighted by Gasteiger charge is -2.28. The van der Waals surface area contributed by atoms with E-state index in [-0.39, 0.29) is 10.5 Å². The number of rotatable bonds is 1. The van der Waals surface area contributed by atoms with E-state index < -0.39 is 22.0 Å². The van der Waals surface area contributed by atoms with Gasteiger partial charge in [0.2, 0.25) is 10.0 Å². The third kappa shape index (κ3) is 2.09. The zero-order valence-electron chi connectivity index (χ0n) is 9.80. The maximum atomic E-state index is 13.7. The van der Waals surface area contributed by atoms with Gasteiger partial charge in [-0.1, -0.05) is 30.3 Å². The van der Waals surface area contributed by atoms with E-state index in [1.807, 2.05) is 0 Å². The minimum atomic E-state index is -3.64. The van der Waals surface area contributed by atoms with E-state index in [1.54, 1.807) is 36.4 Å². The normalized spacial score (nSPS) is 20.4. The average Bonchev–Trinajstić information content (AvgIpc) is 2.38. The standard InChI is InChI=1S/C13H11FN2O2S/c14-10-6-2-1-5-9(10)13-15-11-7-3-4-8-12(11)19(17,18)16-13/h1-8,13,15-16H. The van der Waals surface area contributed by atoms with Crippen molar-refractivity contribution in [1.29, 1.82) is 0 Å². The molecule has 1 aliphatic rings. The molecule has 98 valence electrons. The number of nitrogens with one attached hydrogen (secondary N) is 2. The van der Waals surface area contributed by atoms with Crippen molar-refractivity contribution in [2.75, 3.05) is 5.32 Å². The lowest BCUT2D eigenvalue weighted by molar-refractivity contribution is 0.546. The second kappa shape index (κ2) is 4.32. The molecule has 2 aromatic carbocycles. The summed E-state index contributed by atoms with van der Waals surface area (Å²) in [4.78, 5) is 0.169. The predicted molar refractivity (Wildman–Crippen MR) is 69.5 cm³/mol. The molecule has 3 rings (SSSR count). The molecule has 6 heteroatoms. The fourth-order valence-corrected chi connectivity index (χ4v) is 3.37. The summed E-state index contributed by atoms with van der Waals surface area (Å²) in [5.74, 6) is -0.456. The Kier molecular flexibility index (Phi) is 2.76. The van der Waals surface area contributed by atoms with Crippen LogP contribution in [0.2, 0.25) is 0 Å². The van der Waals surface area contributed by atoms with Crippen LogP contribution in [0.5, 0.6) is 0 Å². The summed E-state index contributed by atoms with van der Waals surface area (Å²) in [6.45, 7) is 0. The van der Waals surface area contributed by atoms with Crippen LogP contribution in [0.4, 0.5) is 10.1 Å². The van der Waals surface area contributed by atoms with Crippen LogP contribution in [0.3, 0.4) is 0 Å². The van der Waals surface area contributed by atoms with Crippen molar-refractivity contribution >= 4 is 15.7 Å². The molecule has 0 aliphatic carbocycles. The number of hydrogen-bond donors (Lipinski definition) is 2. The highest BCUT2D eigenvalue weighted by molar-refractivity contribution is 7.89. The first kappa shape index (κ1) is 12.1. The van der Waals surface area contributed by atoms with Crippen LogP contribution in [0.1, 0.15) is 11.7 Å². The zero-order valence-corrected chi connectivity index (χ0v) is 10.6. The zero-order chi connectivity index (χ0) is 13.5. The Bertz CT molecular complexity index is 731. The Balaban J connectivity index is 2.09. The number of sulfonamides is 1. The molecule has 1 aliphatic heterocycles. The Labute approximate surface area is 110 Å². The summed E-state index contributed by atoms with van der Waals surface area (Å²) in [6, 6.07) is 12.6. The first-order chi connectivity index (χ1) is 9.08. The highest BCUT2D eigenvalue weighted by atomic mass is 32.2. The van der Waals surface area contributed by atoms with Gasteiger partial charge in [0.15, 0.2) is 0 Å². The molecule has 2 N–H and O–H groups in total. The van der Waals surface area contributed by atoms with Crippen molar-refractivity contribution in [2.24, 2.45) is 0 Å². The van der Waals surface area contributed by atoms with Gasteiger partial charge in [-0.3, -0.25) is 0 Å². The van der Waals surface area contributed by atoms with Gasteiger partial charge in [-0.2, -0.15) is 4.72 Å². The van der Waals surface area contributed by atoms with Crippen LogP contribution in [0.25, 0.3) is 0 Å². The molecule has 4 nitrogen and oxygen atoms in total. The fourth-order valence-electron chi connectivity index (χ4n) is 2.07. The van der Waals surface area contributed by atoms with Gasteiger partial charge in [0.05, 0.1) is 5.69 Å². The number of para-hydroxylation sites is 1. The van der Waals surface area contributed by atoms with E-state index in [4.69, 9.17) is 0 Å². The lowest BCUT2D eigenvalue weighted by Crippen LogP contribution is -2.38. The molecule has 0 aromatic heterocycles. The van der Waals surface area contributed by atoms with Gasteiger partial charge < -0.3 is 5.32 Å². The van der Waals surface area contributed by atoms with Crippen LogP contribution in [-0.2, 0) is 10.0 Å². The summed E-state index contributed by atoms with van der Waals surface area (Å²) in [5.41, 5.74) is 0.732. The Morgan fingerprint density at radius 1 is 1.00 bits per heavy atom. The van der Waals surface area contributed by atoms with Crippen molar-refractivity contribution < 1.29 is 12.8 Å². The fraction of sp³-hybridized carbons (Fsp3) is 0.0769. The van der Waals surface area contributed by atoms with Gasteiger partial charge >= 0.3 is 0 Å². The SMILES string of the molecule is O=S1(=O)NC(c2ccccc2F)Nc2ccccc21. The smallest absolute Gasteiger partial charge is 0.244 e. The molecule has 1 atom stereocenters. The third-order valence-electron chi connectivity index (χ3n) is 2.97. The van der Waals surface area contributed by atoms with Crippen molar-refractivity contribution in [3.63, 3.8) is 0 Å². The van der Waals surface area contributed by atoms with Gasteiger partial charge in [-0.15, -0.1) is 0 Å². The van der Waals surface area contributed by atoms with E-state index in [1.165, 1.54) is 12.1 Å². The molecule has 0 saturated carbocycles. The van der Waals surface area contributed by atoms with E-state index in [2.05, 4.69) is 10.0 Å². The van der Waals surface area contributed by atoms with Crippen LogP contribution < -0.4 is 10.0 Å². The summed E-state index contributed by atoms with van der Waals surface area (Å²) in [7, 11) is -3.64. The molecule has 1 unspecified atom stereocenters. The number of benzene rings is 2. The van der Waals surface area contributed by atoms with Gasteiger partial charge in [0.1, 0.15) is 16.9 Å². The number of hydrogen-bond acceptors (Lipinski definition) is 3. The van der Waals surface area contributed by atoms with Gasteiger partial charge in [-0.25, -0.2) is 12.8 Å². The second-order valence-corrected chi connectivity index (χ2v) is 5.90. The van der Waals surface area contributed by atoms with Gasteiger partial charge in [0.25, 0.3) is 0 Å². The number of fused-ring (bicyclic) bond motifs is 1. The lowest BCUT2D eigenvalue weighted by atomic mass is 10.1. The minimum absolute atomic E-state index is 0.169. The van der Waals surface area contributed by atoms with E-state index in [0.29, 0.717) is 5.69 Å². The molecule has 2 aromatic rings. The van der Waals surface area contributed by atoms with E-state index in [9.17, 15) is 12.8 Å². The average molecular weight is 278 g/mol. The highest BCUT2D eigenvalue weighted by Gasteiger charge is 2.30. The molecule has 19 heavy (non-hydrogen) atoms. The molecule has 0 bridgehead atoms. The Morgan fingerprint density at radius 2 is 1.68 bits per heavy atom. The second-order valence-electron chi connectivity index (χ2n) is 4.22. The quantitative estimate of drug-likeness (QED) is 0.841. The number of anilines is 1. The molecule has 1 heterocycles. The van der Waals surface area contributed by atoms with Crippen molar-refractivity contribution in [3.8, 4) is 0 Å². The third-order valence-corrected chi connectivity index (χ3v) is 4.45. The Hall–Kier alpha value is -1.92. The maximum absolute atomic E-state index is 13.7. The predicted octanol–water partition coefficient (Wildman–Crippen LogP) is 2.23. The van der Waals surface area contributed by atoms with Crippen LogP contribution in [0.15, 0.2) is 53.4 Å². The minimum Gasteiger partial charge on any atom is -0.364 e. The van der Waals surface area contributed by atoms with Gasteiger partial charge in [-0.05, 0) is 18.2 Å². The van der Waals surface area contributed by atoms with Crippen LogP contribution in [0, 0.1) is 5.82 Å². The summed E-state index contributed by atoms with van der Waals surface area (Å²) >= 11 is 0. The van der Waals surface area contributed by atoms with E-state index >= 15 is 0 Å². The van der Waals surface area contributed by atoms with Crippen LogP contribution in [-0.4, -0.2) is 8.42 Å². The monoisotopic (exact) mass is 278 g/mol. The van der Waals surface area contributed by atoms with Crippen molar-refractivity contribution in [1.82, 2.24) is 4.72 Å². The summed E-state index contributed by atoms with van der Waals surface area (Å²) in [5, 5.41) is 2.98. The molecule has 0 radical (unpaired) electrons. The first-order valence-electron chi connectivity index (χ1n) is 5.70. The molecule has 0 amide bonds. The topological polar surface area (TPSA) is 58.2 Å². The van der Waals surface area contributed by atoms with Crippen LogP contribution >= 0.6 is 0 Å². The maximum Gasteiger partial charge on any atom is 0.244 e. The molecule has 0 fully saturated rings.